The standard InChI is InChI=1S/C37H74NO8P/c1-6-8-10-11-12-13-14-15-16-17-18-19-20-21-22-23-24-25-26-27-28-30-37(40)46-35(33-43-36(39)29-9-7-2)34-45-47(41,42)44-32-31-38(3,4)5/h35H,6-34H2,1-5H3/p+1. The van der Waals surface area contributed by atoms with Crippen molar-refractivity contribution in [2.75, 3.05) is 47.5 Å². The predicted octanol–water partition coefficient (Wildman–Crippen LogP) is 10.1. The van der Waals surface area contributed by atoms with Crippen molar-refractivity contribution in [2.24, 2.45) is 0 Å². The van der Waals surface area contributed by atoms with Crippen LogP contribution in [0.2, 0.25) is 0 Å². The lowest BCUT2D eigenvalue weighted by Gasteiger charge is -2.24. The quantitative estimate of drug-likeness (QED) is 0.0303. The number of phosphoric ester groups is 1. The Morgan fingerprint density at radius 1 is 0.574 bits per heavy atom. The average Bonchev–Trinajstić information content (AvgIpc) is 3.01. The van der Waals surface area contributed by atoms with E-state index in [1.165, 1.54) is 116 Å². The summed E-state index contributed by atoms with van der Waals surface area (Å²) in [5, 5.41) is 0. The SMILES string of the molecule is CCCCCCCCCCCCCCCCCCCCCCCC(=O)OC(COC(=O)CCCC)COP(=O)(O)OCC[N+](C)(C)C. The number of phosphoric acid groups is 1. The van der Waals surface area contributed by atoms with Crippen molar-refractivity contribution in [2.45, 2.75) is 180 Å². The molecule has 9 nitrogen and oxygen atoms in total. The molecule has 0 aliphatic carbocycles. The van der Waals surface area contributed by atoms with Crippen LogP contribution in [-0.2, 0) is 32.7 Å². The first-order valence-corrected chi connectivity index (χ1v) is 20.8. The number of ether oxygens (including phenoxy) is 2. The molecular weight excluding hydrogens is 617 g/mol. The minimum atomic E-state index is -4.34. The number of carbonyl (C=O) groups is 2. The Morgan fingerprint density at radius 3 is 1.40 bits per heavy atom. The number of hydrogen-bond donors (Lipinski definition) is 1. The predicted molar refractivity (Wildman–Crippen MR) is 192 cm³/mol. The van der Waals surface area contributed by atoms with Crippen molar-refractivity contribution in [1.82, 2.24) is 0 Å². The fraction of sp³-hybridized carbons (Fsp3) is 0.946. The number of likely N-dealkylation sites (N-methyl/N-ethyl adjacent to an activating group) is 1. The van der Waals surface area contributed by atoms with Crippen LogP contribution in [0, 0.1) is 0 Å². The van der Waals surface area contributed by atoms with Crippen LogP contribution >= 0.6 is 7.82 Å². The second-order valence-electron chi connectivity index (χ2n) is 14.3. The normalized spacial score (nSPS) is 13.7. The van der Waals surface area contributed by atoms with Gasteiger partial charge >= 0.3 is 19.8 Å². The summed E-state index contributed by atoms with van der Waals surface area (Å²) in [7, 11) is 1.48. The van der Waals surface area contributed by atoms with Crippen LogP contribution in [-0.4, -0.2) is 74.9 Å². The molecule has 0 aliphatic heterocycles. The summed E-state index contributed by atoms with van der Waals surface area (Å²) in [6.07, 6.45) is 28.5. The second-order valence-corrected chi connectivity index (χ2v) is 15.8. The molecule has 0 aromatic heterocycles. The lowest BCUT2D eigenvalue weighted by atomic mass is 10.0. The van der Waals surface area contributed by atoms with Gasteiger partial charge in [-0.3, -0.25) is 18.6 Å². The molecule has 0 radical (unpaired) electrons. The van der Waals surface area contributed by atoms with Gasteiger partial charge in [0.2, 0.25) is 0 Å². The van der Waals surface area contributed by atoms with Gasteiger partial charge in [-0.15, -0.1) is 0 Å². The van der Waals surface area contributed by atoms with Crippen molar-refractivity contribution in [1.29, 1.82) is 0 Å². The van der Waals surface area contributed by atoms with Crippen LogP contribution in [0.4, 0.5) is 0 Å². The topological polar surface area (TPSA) is 108 Å². The largest absolute Gasteiger partial charge is 0.472 e. The Morgan fingerprint density at radius 2 is 0.979 bits per heavy atom. The molecule has 0 aromatic rings. The van der Waals surface area contributed by atoms with Crippen molar-refractivity contribution >= 4 is 19.8 Å². The fourth-order valence-corrected chi connectivity index (χ4v) is 6.03. The molecule has 1 N–H and O–H groups in total. The molecule has 0 aromatic carbocycles. The van der Waals surface area contributed by atoms with Gasteiger partial charge in [0.25, 0.3) is 0 Å². The third kappa shape index (κ3) is 34.7. The van der Waals surface area contributed by atoms with E-state index in [1.54, 1.807) is 0 Å². The van der Waals surface area contributed by atoms with E-state index in [-0.39, 0.29) is 26.1 Å². The van der Waals surface area contributed by atoms with Gasteiger partial charge in [0.05, 0.1) is 27.7 Å². The van der Waals surface area contributed by atoms with Gasteiger partial charge in [-0.05, 0) is 12.8 Å². The zero-order valence-electron chi connectivity index (χ0n) is 31.3. The van der Waals surface area contributed by atoms with Crippen LogP contribution in [0.5, 0.6) is 0 Å². The number of esters is 2. The highest BCUT2D eigenvalue weighted by Gasteiger charge is 2.27. The molecular formula is C37H75NO8P+. The van der Waals surface area contributed by atoms with Gasteiger partial charge < -0.3 is 18.9 Å². The number of hydrogen-bond acceptors (Lipinski definition) is 7. The van der Waals surface area contributed by atoms with Gasteiger partial charge in [-0.1, -0.05) is 149 Å². The third-order valence-corrected chi connectivity index (χ3v) is 9.37. The van der Waals surface area contributed by atoms with Crippen molar-refractivity contribution < 1.29 is 42.1 Å². The summed E-state index contributed by atoms with van der Waals surface area (Å²) in [6.45, 7) is 4.18. The van der Waals surface area contributed by atoms with Crippen LogP contribution in [0.15, 0.2) is 0 Å². The van der Waals surface area contributed by atoms with Crippen LogP contribution in [0.25, 0.3) is 0 Å². The molecule has 0 heterocycles. The molecule has 2 unspecified atom stereocenters. The highest BCUT2D eigenvalue weighted by atomic mass is 31.2. The van der Waals surface area contributed by atoms with E-state index in [9.17, 15) is 19.0 Å². The molecule has 0 rings (SSSR count). The van der Waals surface area contributed by atoms with E-state index in [0.29, 0.717) is 23.9 Å². The molecule has 10 heteroatoms. The lowest BCUT2D eigenvalue weighted by molar-refractivity contribution is -0.870. The summed E-state index contributed by atoms with van der Waals surface area (Å²) in [6, 6.07) is 0. The summed E-state index contributed by atoms with van der Waals surface area (Å²) in [5.41, 5.74) is 0. The number of nitrogens with zero attached hydrogens (tertiary/aromatic N) is 1. The van der Waals surface area contributed by atoms with E-state index in [1.807, 2.05) is 28.1 Å². The monoisotopic (exact) mass is 693 g/mol. The van der Waals surface area contributed by atoms with Crippen molar-refractivity contribution in [3.63, 3.8) is 0 Å². The Balaban J connectivity index is 3.97. The van der Waals surface area contributed by atoms with Crippen LogP contribution in [0.1, 0.15) is 174 Å². The maximum Gasteiger partial charge on any atom is 0.472 e. The molecule has 0 aliphatic rings. The molecule has 280 valence electrons. The zero-order valence-corrected chi connectivity index (χ0v) is 32.2. The highest BCUT2D eigenvalue weighted by molar-refractivity contribution is 7.47. The number of carbonyl (C=O) groups excluding carboxylic acids is 2. The molecule has 0 bridgehead atoms. The summed E-state index contributed by atoms with van der Waals surface area (Å²) < 4.78 is 33.7. The maximum atomic E-state index is 12.5. The highest BCUT2D eigenvalue weighted by Crippen LogP contribution is 2.43. The first-order chi connectivity index (χ1) is 22.5. The van der Waals surface area contributed by atoms with E-state index in [4.69, 9.17) is 18.5 Å². The average molecular weight is 693 g/mol. The summed E-state index contributed by atoms with van der Waals surface area (Å²) >= 11 is 0. The van der Waals surface area contributed by atoms with E-state index >= 15 is 0 Å². The maximum absolute atomic E-state index is 12.5. The van der Waals surface area contributed by atoms with Gasteiger partial charge in [-0.2, -0.15) is 0 Å². The molecule has 0 saturated carbocycles. The minimum absolute atomic E-state index is 0.0349. The fourth-order valence-electron chi connectivity index (χ4n) is 5.29. The van der Waals surface area contributed by atoms with E-state index < -0.39 is 32.5 Å². The summed E-state index contributed by atoms with van der Waals surface area (Å²) in [4.78, 5) is 34.5. The Kier molecular flexibility index (Phi) is 30.4. The van der Waals surface area contributed by atoms with Crippen LogP contribution < -0.4 is 0 Å². The Bertz CT molecular complexity index is 789. The van der Waals surface area contributed by atoms with Crippen molar-refractivity contribution in [3.05, 3.63) is 0 Å². The van der Waals surface area contributed by atoms with Gasteiger partial charge in [0.15, 0.2) is 6.10 Å². The minimum Gasteiger partial charge on any atom is -0.462 e. The molecule has 47 heavy (non-hydrogen) atoms. The molecule has 0 spiro atoms. The Labute approximate surface area is 289 Å². The third-order valence-electron chi connectivity index (χ3n) is 8.39. The first kappa shape index (κ1) is 46.0. The molecule has 0 fully saturated rings. The Hall–Kier alpha value is -0.990. The van der Waals surface area contributed by atoms with E-state index in [2.05, 4.69) is 6.92 Å². The lowest BCUT2D eigenvalue weighted by Crippen LogP contribution is -2.37. The summed E-state index contributed by atoms with van der Waals surface area (Å²) in [5.74, 6) is -0.830. The van der Waals surface area contributed by atoms with E-state index in [0.717, 1.165) is 19.3 Å². The first-order valence-electron chi connectivity index (χ1n) is 19.3. The van der Waals surface area contributed by atoms with Gasteiger partial charge in [-0.25, -0.2) is 4.57 Å². The van der Waals surface area contributed by atoms with Gasteiger partial charge in [0.1, 0.15) is 19.8 Å². The molecule has 0 saturated heterocycles. The second kappa shape index (κ2) is 31.0. The van der Waals surface area contributed by atoms with Crippen LogP contribution in [0.3, 0.4) is 0 Å². The zero-order chi connectivity index (χ0) is 35.1. The van der Waals surface area contributed by atoms with Crippen molar-refractivity contribution in [3.8, 4) is 0 Å². The molecule has 0 amide bonds. The number of unbranched alkanes of at least 4 members (excludes halogenated alkanes) is 21. The van der Waals surface area contributed by atoms with Gasteiger partial charge in [0, 0.05) is 12.8 Å². The number of rotatable bonds is 35. The molecule has 2 atom stereocenters. The number of quaternary nitrogens is 1. The smallest absolute Gasteiger partial charge is 0.462 e.